The van der Waals surface area contributed by atoms with Crippen molar-refractivity contribution in [3.05, 3.63) is 33.7 Å². The first kappa shape index (κ1) is 18.6. The van der Waals surface area contributed by atoms with E-state index >= 15 is 0 Å². The lowest BCUT2D eigenvalue weighted by Crippen LogP contribution is -2.34. The van der Waals surface area contributed by atoms with Gasteiger partial charge in [-0.15, -0.1) is 10.2 Å². The number of benzene rings is 1. The molecule has 1 aromatic carbocycles. The number of likely N-dealkylation sites (N-methyl/N-ethyl adjacent to an activating group) is 1. The van der Waals surface area contributed by atoms with Gasteiger partial charge in [0.15, 0.2) is 17.3 Å². The number of carbonyl (C=O) groups excluding carboxylic acids is 1. The van der Waals surface area contributed by atoms with E-state index in [0.29, 0.717) is 22.3 Å². The number of nitrogens with zero attached hydrogens (tertiary/aromatic N) is 4. The van der Waals surface area contributed by atoms with Gasteiger partial charge < -0.3 is 14.7 Å². The van der Waals surface area contributed by atoms with Crippen molar-refractivity contribution in [1.29, 1.82) is 0 Å². The smallest absolute Gasteiger partial charge is 0.328 e. The lowest BCUT2D eigenvalue weighted by Gasteiger charge is -2.16. The average Bonchev–Trinajstić information content (AvgIpc) is 3.12. The normalized spacial score (nSPS) is 18.7. The van der Waals surface area contributed by atoms with Crippen molar-refractivity contribution in [2.24, 2.45) is 0 Å². The first-order valence-electron chi connectivity index (χ1n) is 7.53. The molecular formula is C15H16Br2N4O3S. The van der Waals surface area contributed by atoms with Gasteiger partial charge in [-0.05, 0) is 18.2 Å². The van der Waals surface area contributed by atoms with Gasteiger partial charge in [0.05, 0.1) is 6.54 Å². The van der Waals surface area contributed by atoms with Crippen molar-refractivity contribution in [3.63, 3.8) is 0 Å². The molecule has 2 atom stereocenters. The second-order valence-electron chi connectivity index (χ2n) is 5.48. The molecule has 25 heavy (non-hydrogen) atoms. The van der Waals surface area contributed by atoms with E-state index in [0.717, 1.165) is 9.80 Å². The second-order valence-corrected chi connectivity index (χ2v) is 8.17. The number of urea groups is 1. The van der Waals surface area contributed by atoms with Crippen LogP contribution in [0.4, 0.5) is 9.93 Å². The third-order valence-corrected chi connectivity index (χ3v) is 5.59. The Hall–Kier alpha value is -1.23. The topological polar surface area (TPSA) is 78.8 Å². The molecule has 1 N–H and O–H groups in total. The van der Waals surface area contributed by atoms with Gasteiger partial charge in [0.1, 0.15) is 5.75 Å². The highest BCUT2D eigenvalue weighted by molar-refractivity contribution is 9.10. The Balaban J connectivity index is 1.81. The van der Waals surface area contributed by atoms with Crippen LogP contribution in [0.2, 0.25) is 0 Å². The Kier molecular flexibility index (Phi) is 5.92. The zero-order valence-corrected chi connectivity index (χ0v) is 17.3. The van der Waals surface area contributed by atoms with Crippen LogP contribution in [0.1, 0.15) is 17.5 Å². The number of aliphatic hydroxyl groups is 1. The lowest BCUT2D eigenvalue weighted by molar-refractivity contribution is 0.183. The van der Waals surface area contributed by atoms with E-state index in [4.69, 9.17) is 4.74 Å². The van der Waals surface area contributed by atoms with Gasteiger partial charge in [-0.25, -0.2) is 9.69 Å². The largest absolute Gasteiger partial charge is 0.483 e. The van der Waals surface area contributed by atoms with Crippen LogP contribution in [0.5, 0.6) is 5.75 Å². The predicted octanol–water partition coefficient (Wildman–Crippen LogP) is 3.40. The van der Waals surface area contributed by atoms with E-state index in [9.17, 15) is 9.90 Å². The van der Waals surface area contributed by atoms with Crippen LogP contribution in [0.25, 0.3) is 0 Å². The van der Waals surface area contributed by atoms with Crippen molar-refractivity contribution in [3.8, 4) is 5.75 Å². The molecule has 0 bridgehead atoms. The van der Waals surface area contributed by atoms with Crippen LogP contribution in [0.3, 0.4) is 0 Å². The van der Waals surface area contributed by atoms with Crippen LogP contribution >= 0.6 is 43.2 Å². The number of anilines is 1. The molecular weight excluding hydrogens is 476 g/mol. The van der Waals surface area contributed by atoms with Gasteiger partial charge in [0.25, 0.3) is 0 Å². The molecule has 1 aliphatic heterocycles. The third kappa shape index (κ3) is 4.13. The fraction of sp³-hybridized carbons (Fsp3) is 0.400. The van der Waals surface area contributed by atoms with Crippen molar-refractivity contribution < 1.29 is 14.6 Å². The Morgan fingerprint density at radius 3 is 2.92 bits per heavy atom. The number of ether oxygens (including phenoxy) is 1. The van der Waals surface area contributed by atoms with E-state index in [-0.39, 0.29) is 18.7 Å². The molecule has 2 unspecified atom stereocenters. The summed E-state index contributed by atoms with van der Waals surface area (Å²) in [6.45, 7) is 0.243. The molecule has 1 fully saturated rings. The highest BCUT2D eigenvalue weighted by Crippen LogP contribution is 2.33. The van der Waals surface area contributed by atoms with Gasteiger partial charge in [0, 0.05) is 23.3 Å². The van der Waals surface area contributed by atoms with Gasteiger partial charge in [0.2, 0.25) is 5.13 Å². The number of rotatable bonds is 6. The standard InChI is InChI=1S/C15H16Br2N4O3S/c1-20-8-12(22)21(15(20)23)14-19-18-13(25-14)11(5-6-16)24-10-4-2-3-9(17)7-10/h2-4,7,11-12,22H,5-6,8H2,1H3. The Labute approximate surface area is 165 Å². The molecule has 2 amide bonds. The monoisotopic (exact) mass is 490 g/mol. The fourth-order valence-corrected chi connectivity index (χ4v) is 4.16. The van der Waals surface area contributed by atoms with E-state index in [1.807, 2.05) is 24.3 Å². The van der Waals surface area contributed by atoms with Gasteiger partial charge >= 0.3 is 6.03 Å². The lowest BCUT2D eigenvalue weighted by atomic mass is 10.3. The number of carbonyl (C=O) groups is 1. The maximum Gasteiger partial charge on any atom is 0.328 e. The number of hydrogen-bond acceptors (Lipinski definition) is 6. The minimum atomic E-state index is -0.918. The van der Waals surface area contributed by atoms with E-state index in [2.05, 4.69) is 42.1 Å². The zero-order valence-electron chi connectivity index (χ0n) is 13.3. The molecule has 134 valence electrons. The molecule has 1 saturated heterocycles. The molecule has 10 heteroatoms. The summed E-state index contributed by atoms with van der Waals surface area (Å²) in [5, 5.41) is 20.1. The van der Waals surface area contributed by atoms with Crippen LogP contribution in [0, 0.1) is 0 Å². The van der Waals surface area contributed by atoms with E-state index in [1.54, 1.807) is 7.05 Å². The molecule has 0 saturated carbocycles. The highest BCUT2D eigenvalue weighted by Gasteiger charge is 2.37. The van der Waals surface area contributed by atoms with Crippen LogP contribution in [0.15, 0.2) is 28.7 Å². The first-order valence-corrected chi connectivity index (χ1v) is 10.3. The van der Waals surface area contributed by atoms with E-state index in [1.165, 1.54) is 21.1 Å². The highest BCUT2D eigenvalue weighted by atomic mass is 79.9. The number of hydrogen-bond donors (Lipinski definition) is 1. The summed E-state index contributed by atoms with van der Waals surface area (Å²) in [5.41, 5.74) is 0. The summed E-state index contributed by atoms with van der Waals surface area (Å²) >= 11 is 8.10. The molecule has 0 spiro atoms. The fourth-order valence-electron chi connectivity index (χ4n) is 2.42. The summed E-state index contributed by atoms with van der Waals surface area (Å²) < 4.78 is 6.97. The first-order chi connectivity index (χ1) is 12.0. The quantitative estimate of drug-likeness (QED) is 0.626. The molecule has 2 heterocycles. The summed E-state index contributed by atoms with van der Waals surface area (Å²) in [4.78, 5) is 14.8. The molecule has 7 nitrogen and oxygen atoms in total. The molecule has 1 aliphatic rings. The van der Waals surface area contributed by atoms with Gasteiger partial charge in [-0.1, -0.05) is 49.3 Å². The Bertz CT molecular complexity index is 760. The van der Waals surface area contributed by atoms with Crippen LogP contribution < -0.4 is 9.64 Å². The number of aromatic nitrogens is 2. The second kappa shape index (κ2) is 7.98. The summed E-state index contributed by atoms with van der Waals surface area (Å²) in [7, 11) is 1.64. The van der Waals surface area contributed by atoms with Crippen molar-refractivity contribution in [2.45, 2.75) is 18.8 Å². The van der Waals surface area contributed by atoms with Crippen molar-refractivity contribution >= 4 is 54.4 Å². The SMILES string of the molecule is CN1CC(O)N(c2nnc(C(CCBr)Oc3cccc(Br)c3)s2)C1=O. The van der Waals surface area contributed by atoms with Crippen LogP contribution in [-0.4, -0.2) is 51.4 Å². The molecule has 0 radical (unpaired) electrons. The van der Waals surface area contributed by atoms with Crippen LogP contribution in [-0.2, 0) is 0 Å². The minimum Gasteiger partial charge on any atom is -0.483 e. The molecule has 0 aliphatic carbocycles. The summed E-state index contributed by atoms with van der Waals surface area (Å²) in [6, 6.07) is 7.28. The maximum atomic E-state index is 12.1. The summed E-state index contributed by atoms with van der Waals surface area (Å²) in [5.74, 6) is 0.717. The maximum absolute atomic E-state index is 12.1. The zero-order chi connectivity index (χ0) is 18.0. The molecule has 1 aromatic heterocycles. The minimum absolute atomic E-state index is 0.243. The number of halogens is 2. The number of β-amino-alcohol motifs (C(OH)–C–C–N with tert-alkyl or cyclic N) is 1. The Morgan fingerprint density at radius 2 is 2.28 bits per heavy atom. The van der Waals surface area contributed by atoms with Crippen molar-refractivity contribution in [1.82, 2.24) is 15.1 Å². The van der Waals surface area contributed by atoms with E-state index < -0.39 is 6.23 Å². The Morgan fingerprint density at radius 1 is 1.48 bits per heavy atom. The number of amides is 2. The summed E-state index contributed by atoms with van der Waals surface area (Å²) in [6.07, 6.45) is -0.524. The number of aliphatic hydroxyl groups excluding tert-OH is 1. The number of alkyl halides is 1. The van der Waals surface area contributed by atoms with Gasteiger partial charge in [-0.2, -0.15) is 0 Å². The predicted molar refractivity (Wildman–Crippen MR) is 102 cm³/mol. The average molecular weight is 492 g/mol. The van der Waals surface area contributed by atoms with Gasteiger partial charge in [-0.3, -0.25) is 0 Å². The third-order valence-electron chi connectivity index (χ3n) is 3.63. The van der Waals surface area contributed by atoms with Crippen molar-refractivity contribution in [2.75, 3.05) is 23.8 Å². The molecule has 3 rings (SSSR count). The molecule has 2 aromatic rings.